The van der Waals surface area contributed by atoms with Crippen LogP contribution in [-0.2, 0) is 6.42 Å². The first-order chi connectivity index (χ1) is 15.2. The molecule has 0 saturated heterocycles. The van der Waals surface area contributed by atoms with Gasteiger partial charge in [-0.1, -0.05) is 89.1 Å². The van der Waals surface area contributed by atoms with Gasteiger partial charge in [-0.25, -0.2) is 0 Å². The minimum Gasteiger partial charge on any atom is -0.485 e. The van der Waals surface area contributed by atoms with Gasteiger partial charge in [0.1, 0.15) is 11.9 Å². The van der Waals surface area contributed by atoms with Gasteiger partial charge in [0.25, 0.3) is 0 Å². The zero-order valence-corrected chi connectivity index (χ0v) is 19.9. The fourth-order valence-corrected chi connectivity index (χ4v) is 5.51. The Morgan fingerprint density at radius 1 is 1.00 bits per heavy atom. The predicted molar refractivity (Wildman–Crippen MR) is 135 cm³/mol. The monoisotopic (exact) mass is 416 g/mol. The first kappa shape index (κ1) is 23.4. The van der Waals surface area contributed by atoms with Crippen LogP contribution in [0.15, 0.2) is 55.1 Å². The van der Waals surface area contributed by atoms with E-state index in [1.165, 1.54) is 55.2 Å². The summed E-state index contributed by atoms with van der Waals surface area (Å²) < 4.78 is 6.83. The lowest BCUT2D eigenvalue weighted by atomic mass is 9.68. The Hall–Kier alpha value is -2.28. The van der Waals surface area contributed by atoms with E-state index in [0.717, 1.165) is 23.1 Å². The molecule has 0 aromatic heterocycles. The molecule has 2 aliphatic carbocycles. The summed E-state index contributed by atoms with van der Waals surface area (Å²) in [7, 11) is 0. The molecule has 2 aliphatic rings. The van der Waals surface area contributed by atoms with Gasteiger partial charge < -0.3 is 4.74 Å². The molecule has 4 rings (SSSR count). The van der Waals surface area contributed by atoms with Crippen molar-refractivity contribution in [3.8, 4) is 5.75 Å². The van der Waals surface area contributed by atoms with Crippen LogP contribution >= 0.6 is 0 Å². The van der Waals surface area contributed by atoms with Gasteiger partial charge >= 0.3 is 0 Å². The second-order valence-electron chi connectivity index (χ2n) is 9.01. The molecule has 0 amide bonds. The largest absolute Gasteiger partial charge is 0.485 e. The van der Waals surface area contributed by atoms with Gasteiger partial charge in [0.2, 0.25) is 0 Å². The smallest absolute Gasteiger partial charge is 0.127 e. The number of benzene rings is 2. The number of hydrogen-bond acceptors (Lipinski definition) is 1. The molecule has 2 unspecified atom stereocenters. The Bertz CT molecular complexity index is 878. The Morgan fingerprint density at radius 2 is 1.77 bits per heavy atom. The normalized spacial score (nSPS) is 25.3. The van der Waals surface area contributed by atoms with Gasteiger partial charge in [0.05, 0.1) is 0 Å². The van der Waals surface area contributed by atoms with Gasteiger partial charge in [-0.05, 0) is 78.5 Å². The number of fused-ring (bicyclic) bond motifs is 1. The molecular weight excluding hydrogens is 376 g/mol. The highest BCUT2D eigenvalue weighted by atomic mass is 16.5. The van der Waals surface area contributed by atoms with Crippen LogP contribution in [-0.4, -0.2) is 0 Å². The second kappa shape index (κ2) is 11.4. The standard InChI is InChI=1S/C28H34O.C2H6/c1-4-9-22-17-21(5-2)18-25(19-22)29-28-26-13-7-6-11-23(26)14-15-27(28)24-12-8-10-20(3)16-24;1-2/h4-7,9,11,13,17-20,24,27-28H,2,8,10,12,14-16H2,1,3H3;1-2H3/t20-,24?,27?,28+;/m1./s1. The van der Waals surface area contributed by atoms with Gasteiger partial charge in [-0.3, -0.25) is 0 Å². The van der Waals surface area contributed by atoms with Crippen molar-refractivity contribution in [2.75, 3.05) is 0 Å². The summed E-state index contributed by atoms with van der Waals surface area (Å²) in [5, 5.41) is 0. The second-order valence-corrected chi connectivity index (χ2v) is 9.01. The fourth-order valence-electron chi connectivity index (χ4n) is 5.51. The van der Waals surface area contributed by atoms with Crippen molar-refractivity contribution < 1.29 is 4.74 Å². The molecule has 166 valence electrons. The van der Waals surface area contributed by atoms with Crippen molar-refractivity contribution in [2.24, 2.45) is 17.8 Å². The molecular formula is C30H40O. The van der Waals surface area contributed by atoms with Gasteiger partial charge in [0, 0.05) is 5.92 Å². The topological polar surface area (TPSA) is 9.23 Å². The van der Waals surface area contributed by atoms with E-state index in [4.69, 9.17) is 4.74 Å². The van der Waals surface area contributed by atoms with Crippen molar-refractivity contribution in [1.29, 1.82) is 0 Å². The third-order valence-electron chi connectivity index (χ3n) is 6.89. The molecule has 0 heterocycles. The van der Waals surface area contributed by atoms with Gasteiger partial charge in [-0.15, -0.1) is 0 Å². The Kier molecular flexibility index (Phi) is 8.58. The molecule has 4 atom stereocenters. The molecule has 2 aromatic carbocycles. The number of ether oxygens (including phenoxy) is 1. The fraction of sp³-hybridized carbons (Fsp3) is 0.467. The van der Waals surface area contributed by atoms with E-state index >= 15 is 0 Å². The van der Waals surface area contributed by atoms with E-state index in [2.05, 4.69) is 75.0 Å². The number of hydrogen-bond donors (Lipinski definition) is 0. The molecule has 31 heavy (non-hydrogen) atoms. The first-order valence-corrected chi connectivity index (χ1v) is 12.3. The SMILES string of the molecule is C=Cc1cc(C=CC)cc(O[C@H]2c3ccccc3CCC2C2CCC[C@@H](C)C2)c1.CC. The molecule has 2 aromatic rings. The summed E-state index contributed by atoms with van der Waals surface area (Å²) in [5.74, 6) is 3.18. The molecule has 0 N–H and O–H groups in total. The van der Waals surface area contributed by atoms with Gasteiger partial charge in [-0.2, -0.15) is 0 Å². The minimum atomic E-state index is 0.147. The number of rotatable bonds is 5. The van der Waals surface area contributed by atoms with E-state index in [0.29, 0.717) is 5.92 Å². The van der Waals surface area contributed by atoms with Crippen LogP contribution in [0.5, 0.6) is 5.75 Å². The molecule has 1 nitrogen and oxygen atoms in total. The van der Waals surface area contributed by atoms with Gasteiger partial charge in [0.15, 0.2) is 0 Å². The molecule has 0 spiro atoms. The van der Waals surface area contributed by atoms with E-state index in [-0.39, 0.29) is 6.10 Å². The van der Waals surface area contributed by atoms with Crippen LogP contribution in [0.4, 0.5) is 0 Å². The van der Waals surface area contributed by atoms with Crippen molar-refractivity contribution in [1.82, 2.24) is 0 Å². The number of aryl methyl sites for hydroxylation is 1. The minimum absolute atomic E-state index is 0.147. The van der Waals surface area contributed by atoms with Crippen LogP contribution in [0.1, 0.15) is 88.2 Å². The Labute approximate surface area is 190 Å². The third-order valence-corrected chi connectivity index (χ3v) is 6.89. The molecule has 1 saturated carbocycles. The lowest BCUT2D eigenvalue weighted by molar-refractivity contribution is 0.0547. The maximum absolute atomic E-state index is 6.83. The van der Waals surface area contributed by atoms with E-state index in [9.17, 15) is 0 Å². The van der Waals surface area contributed by atoms with E-state index in [1.54, 1.807) is 0 Å². The summed E-state index contributed by atoms with van der Waals surface area (Å²) in [6.45, 7) is 12.5. The zero-order chi connectivity index (χ0) is 22.2. The quantitative estimate of drug-likeness (QED) is 0.473. The lowest BCUT2D eigenvalue weighted by Crippen LogP contribution is -2.33. The lowest BCUT2D eigenvalue weighted by Gasteiger charge is -2.41. The summed E-state index contributed by atoms with van der Waals surface area (Å²) in [6, 6.07) is 15.4. The summed E-state index contributed by atoms with van der Waals surface area (Å²) >= 11 is 0. The summed E-state index contributed by atoms with van der Waals surface area (Å²) in [6.07, 6.45) is 14.2. The Morgan fingerprint density at radius 3 is 2.52 bits per heavy atom. The zero-order valence-electron chi connectivity index (χ0n) is 19.9. The van der Waals surface area contributed by atoms with Crippen LogP contribution in [0.2, 0.25) is 0 Å². The molecule has 1 fully saturated rings. The molecule has 0 bridgehead atoms. The maximum Gasteiger partial charge on any atom is 0.127 e. The average Bonchev–Trinajstić information content (AvgIpc) is 2.80. The third kappa shape index (κ3) is 5.70. The predicted octanol–water partition coefficient (Wildman–Crippen LogP) is 8.90. The molecule has 0 radical (unpaired) electrons. The van der Waals surface area contributed by atoms with Crippen molar-refractivity contribution in [3.63, 3.8) is 0 Å². The summed E-state index contributed by atoms with van der Waals surface area (Å²) in [5.41, 5.74) is 5.15. The maximum atomic E-state index is 6.83. The first-order valence-electron chi connectivity index (χ1n) is 12.3. The van der Waals surface area contributed by atoms with E-state index in [1.807, 2.05) is 19.9 Å². The highest BCUT2D eigenvalue weighted by molar-refractivity contribution is 5.60. The van der Waals surface area contributed by atoms with Crippen LogP contribution in [0.3, 0.4) is 0 Å². The highest BCUT2D eigenvalue weighted by Gasteiger charge is 2.38. The van der Waals surface area contributed by atoms with Crippen molar-refractivity contribution in [2.45, 2.75) is 72.3 Å². The highest BCUT2D eigenvalue weighted by Crippen LogP contribution is 2.46. The molecule has 0 aliphatic heterocycles. The Balaban J connectivity index is 0.00000132. The number of allylic oxidation sites excluding steroid dienone is 1. The van der Waals surface area contributed by atoms with E-state index < -0.39 is 0 Å². The van der Waals surface area contributed by atoms with Crippen LogP contribution < -0.4 is 4.74 Å². The van der Waals surface area contributed by atoms with Crippen molar-refractivity contribution in [3.05, 3.63) is 77.4 Å². The van der Waals surface area contributed by atoms with Crippen LogP contribution in [0, 0.1) is 17.8 Å². The average molecular weight is 417 g/mol. The van der Waals surface area contributed by atoms with Crippen LogP contribution in [0.25, 0.3) is 12.2 Å². The summed E-state index contributed by atoms with van der Waals surface area (Å²) in [4.78, 5) is 0. The van der Waals surface area contributed by atoms with Crippen molar-refractivity contribution >= 4 is 12.2 Å². The molecule has 1 heteroatoms.